The molecule has 4 saturated carbocycles. The number of rotatable bonds is 5. The van der Waals surface area contributed by atoms with Crippen molar-refractivity contribution in [3.63, 3.8) is 0 Å². The summed E-state index contributed by atoms with van der Waals surface area (Å²) < 4.78 is 9.24. The molecule has 16 rings (SSSR count). The summed E-state index contributed by atoms with van der Waals surface area (Å²) in [5.74, 6) is 4.88. The summed E-state index contributed by atoms with van der Waals surface area (Å²) in [7, 11) is 0. The first-order chi connectivity index (χ1) is 32.7. The number of para-hydroxylation sites is 2. The highest BCUT2D eigenvalue weighted by atomic mass is 32.1. The standard InChI is InChI=1S/C61H43N3OS/c1-2-12-37(13-3-1)58-62-59(40-15-8-14-38(33-40)43-18-9-21-49-46-16-4-6-24-53(46)65-56(43)49)64-60(63-58)51-23-11-20-48-45-27-26-39(44-19-10-22-50-47-17-5-7-25-54(47)66-57(44)50)34-52(45)61(55(48)51)41-29-35-28-36(31-41)32-42(61)30-35/h1-27,33-36,41-42H,28-32H2. The van der Waals surface area contributed by atoms with Crippen LogP contribution >= 0.6 is 11.3 Å². The molecule has 66 heavy (non-hydrogen) atoms. The van der Waals surface area contributed by atoms with Crippen LogP contribution in [0.1, 0.15) is 43.2 Å². The van der Waals surface area contributed by atoms with Crippen molar-refractivity contribution in [3.8, 4) is 67.5 Å². The van der Waals surface area contributed by atoms with Gasteiger partial charge in [-0.15, -0.1) is 11.3 Å². The van der Waals surface area contributed by atoms with E-state index in [1.165, 1.54) is 85.7 Å². The van der Waals surface area contributed by atoms with E-state index >= 15 is 0 Å². The van der Waals surface area contributed by atoms with Gasteiger partial charge in [0.05, 0.1) is 0 Å². The maximum absolute atomic E-state index is 6.52. The molecule has 4 fully saturated rings. The molecule has 5 aliphatic rings. The van der Waals surface area contributed by atoms with Crippen molar-refractivity contribution in [1.82, 2.24) is 15.0 Å². The summed E-state index contributed by atoms with van der Waals surface area (Å²) in [6.07, 6.45) is 6.56. The number of fused-ring (bicyclic) bond motifs is 9. The van der Waals surface area contributed by atoms with Gasteiger partial charge in [-0.25, -0.2) is 15.0 Å². The molecule has 3 aromatic heterocycles. The Kier molecular flexibility index (Phi) is 7.81. The Morgan fingerprint density at radius 1 is 0.424 bits per heavy atom. The van der Waals surface area contributed by atoms with Crippen molar-refractivity contribution in [1.29, 1.82) is 0 Å². The van der Waals surface area contributed by atoms with Crippen LogP contribution < -0.4 is 0 Å². The van der Waals surface area contributed by atoms with Gasteiger partial charge in [-0.2, -0.15) is 0 Å². The molecule has 11 aromatic rings. The monoisotopic (exact) mass is 865 g/mol. The van der Waals surface area contributed by atoms with Gasteiger partial charge in [0.1, 0.15) is 11.2 Å². The molecule has 0 unspecified atom stereocenters. The molecule has 0 amide bonds. The summed E-state index contributed by atoms with van der Waals surface area (Å²) >= 11 is 1.93. The third kappa shape index (κ3) is 5.23. The average Bonchev–Trinajstić information content (AvgIpc) is 4.04. The smallest absolute Gasteiger partial charge is 0.164 e. The molecule has 8 aromatic carbocycles. The highest BCUT2D eigenvalue weighted by Crippen LogP contribution is 2.70. The second-order valence-corrected chi connectivity index (χ2v) is 20.5. The fourth-order valence-corrected chi connectivity index (χ4v) is 15.0. The van der Waals surface area contributed by atoms with E-state index in [4.69, 9.17) is 19.4 Å². The van der Waals surface area contributed by atoms with Crippen molar-refractivity contribution in [2.45, 2.75) is 37.5 Å². The maximum atomic E-state index is 6.52. The molecule has 314 valence electrons. The predicted octanol–water partition coefficient (Wildman–Crippen LogP) is 16.2. The Morgan fingerprint density at radius 3 is 1.88 bits per heavy atom. The van der Waals surface area contributed by atoms with Crippen LogP contribution in [0.25, 0.3) is 110 Å². The van der Waals surface area contributed by atoms with Crippen LogP contribution in [0, 0.1) is 23.7 Å². The molecule has 0 radical (unpaired) electrons. The Bertz CT molecular complexity index is 3780. The number of hydrogen-bond donors (Lipinski definition) is 0. The van der Waals surface area contributed by atoms with E-state index in [9.17, 15) is 0 Å². The van der Waals surface area contributed by atoms with Crippen molar-refractivity contribution >= 4 is 53.4 Å². The third-order valence-corrected chi connectivity index (χ3v) is 17.3. The largest absolute Gasteiger partial charge is 0.455 e. The van der Waals surface area contributed by atoms with Gasteiger partial charge >= 0.3 is 0 Å². The Morgan fingerprint density at radius 2 is 1.03 bits per heavy atom. The van der Waals surface area contributed by atoms with Crippen LogP contribution in [0.2, 0.25) is 0 Å². The van der Waals surface area contributed by atoms with Gasteiger partial charge < -0.3 is 4.42 Å². The van der Waals surface area contributed by atoms with Crippen LogP contribution in [0.5, 0.6) is 0 Å². The van der Waals surface area contributed by atoms with Crippen molar-refractivity contribution in [2.75, 3.05) is 0 Å². The van der Waals surface area contributed by atoms with Crippen LogP contribution in [0.3, 0.4) is 0 Å². The minimum absolute atomic E-state index is 0.121. The predicted molar refractivity (Wildman–Crippen MR) is 270 cm³/mol. The van der Waals surface area contributed by atoms with Gasteiger partial charge in [0.15, 0.2) is 17.5 Å². The Balaban J connectivity index is 0.932. The molecule has 0 atom stereocenters. The maximum Gasteiger partial charge on any atom is 0.164 e. The summed E-state index contributed by atoms with van der Waals surface area (Å²) in [4.78, 5) is 16.3. The van der Waals surface area contributed by atoms with Gasteiger partial charge in [0.25, 0.3) is 0 Å². The van der Waals surface area contributed by atoms with E-state index in [2.05, 4.69) is 164 Å². The molecule has 4 bridgehead atoms. The normalized spacial score (nSPS) is 21.4. The Labute approximate surface area is 386 Å². The van der Waals surface area contributed by atoms with Crippen molar-refractivity contribution in [3.05, 3.63) is 187 Å². The first-order valence-corrected chi connectivity index (χ1v) is 24.5. The van der Waals surface area contributed by atoms with Crippen molar-refractivity contribution < 1.29 is 4.42 Å². The number of furan rings is 1. The van der Waals surface area contributed by atoms with E-state index in [0.29, 0.717) is 23.5 Å². The second kappa shape index (κ2) is 13.9. The molecule has 5 aliphatic carbocycles. The molecule has 0 saturated heterocycles. The topological polar surface area (TPSA) is 51.8 Å². The lowest BCUT2D eigenvalue weighted by atomic mass is 9.42. The molecular formula is C61H43N3OS. The number of benzene rings is 8. The highest BCUT2D eigenvalue weighted by Gasteiger charge is 2.62. The summed E-state index contributed by atoms with van der Waals surface area (Å²) in [6.45, 7) is 0. The van der Waals surface area contributed by atoms with E-state index in [0.717, 1.165) is 67.4 Å². The number of aromatic nitrogens is 3. The van der Waals surface area contributed by atoms with Gasteiger partial charge in [-0.05, 0) is 119 Å². The van der Waals surface area contributed by atoms with Gasteiger partial charge in [-0.3, -0.25) is 0 Å². The SMILES string of the molecule is c1ccc(-c2nc(-c3cccc(-c4cccc5c4oc4ccccc45)c3)nc(-c3cccc4c3C3(c5cc(-c6cccc7c6sc6ccccc67)ccc5-4)C4CC5CC(C4)CC3C5)n2)cc1. The lowest BCUT2D eigenvalue weighted by Crippen LogP contribution is -2.55. The number of thiophene rings is 1. The van der Waals surface area contributed by atoms with Gasteiger partial charge in [0, 0.05) is 58.6 Å². The van der Waals surface area contributed by atoms with E-state index < -0.39 is 0 Å². The zero-order chi connectivity index (χ0) is 43.1. The zero-order valence-corrected chi connectivity index (χ0v) is 37.1. The zero-order valence-electron chi connectivity index (χ0n) is 36.2. The first-order valence-electron chi connectivity index (χ1n) is 23.7. The van der Waals surface area contributed by atoms with Crippen LogP contribution in [-0.2, 0) is 5.41 Å². The second-order valence-electron chi connectivity index (χ2n) is 19.5. The van der Waals surface area contributed by atoms with E-state index in [1.54, 1.807) is 0 Å². The number of nitrogens with zero attached hydrogens (tertiary/aromatic N) is 3. The van der Waals surface area contributed by atoms with Gasteiger partial charge in [-0.1, -0.05) is 152 Å². The molecular weight excluding hydrogens is 823 g/mol. The lowest BCUT2D eigenvalue weighted by Gasteiger charge is -2.61. The van der Waals surface area contributed by atoms with E-state index in [1.807, 2.05) is 23.5 Å². The van der Waals surface area contributed by atoms with Gasteiger partial charge in [0.2, 0.25) is 0 Å². The first kappa shape index (κ1) is 37.1. The molecule has 0 N–H and O–H groups in total. The van der Waals surface area contributed by atoms with E-state index in [-0.39, 0.29) is 5.41 Å². The molecule has 0 aliphatic heterocycles. The quantitative estimate of drug-likeness (QED) is 0.173. The lowest BCUT2D eigenvalue weighted by molar-refractivity contribution is -0.0397. The fraction of sp³-hybridized carbons (Fsp3) is 0.164. The summed E-state index contributed by atoms with van der Waals surface area (Å²) in [5.41, 5.74) is 15.2. The summed E-state index contributed by atoms with van der Waals surface area (Å²) in [5, 5.41) is 4.93. The number of hydrogen-bond acceptors (Lipinski definition) is 5. The molecule has 3 heterocycles. The minimum atomic E-state index is -0.121. The molecule has 5 heteroatoms. The molecule has 4 nitrogen and oxygen atoms in total. The average molecular weight is 866 g/mol. The summed E-state index contributed by atoms with van der Waals surface area (Å²) in [6, 6.07) is 64.0. The van der Waals surface area contributed by atoms with Crippen LogP contribution in [0.4, 0.5) is 0 Å². The molecule has 1 spiro atoms. The van der Waals surface area contributed by atoms with Crippen LogP contribution in [-0.4, -0.2) is 15.0 Å². The highest BCUT2D eigenvalue weighted by molar-refractivity contribution is 7.26. The van der Waals surface area contributed by atoms with Crippen molar-refractivity contribution in [2.24, 2.45) is 23.7 Å². The third-order valence-electron chi connectivity index (χ3n) is 16.1. The Hall–Kier alpha value is -7.21. The van der Waals surface area contributed by atoms with Crippen LogP contribution in [0.15, 0.2) is 180 Å². The fourth-order valence-electron chi connectivity index (χ4n) is 13.7. The minimum Gasteiger partial charge on any atom is -0.455 e.